The Bertz CT molecular complexity index is 1530. The minimum atomic E-state index is -0.751. The van der Waals surface area contributed by atoms with Crippen LogP contribution in [0.3, 0.4) is 0 Å². The van der Waals surface area contributed by atoms with Crippen molar-refractivity contribution >= 4 is 34.7 Å². The molecule has 41 heavy (non-hydrogen) atoms. The molecule has 3 aromatic heterocycles. The number of anilines is 2. The number of benzene rings is 1. The number of rotatable bonds is 7. The van der Waals surface area contributed by atoms with Crippen LogP contribution in [0.2, 0.25) is 0 Å². The molecule has 2 amide bonds. The van der Waals surface area contributed by atoms with Gasteiger partial charge in [-0.25, -0.2) is 19.2 Å². The molecule has 0 radical (unpaired) electrons. The van der Waals surface area contributed by atoms with E-state index in [0.717, 1.165) is 5.56 Å². The van der Waals surface area contributed by atoms with Crippen LogP contribution >= 0.6 is 0 Å². The lowest BCUT2D eigenvalue weighted by Gasteiger charge is -2.28. The zero-order valence-corrected chi connectivity index (χ0v) is 24.4. The van der Waals surface area contributed by atoms with Crippen LogP contribution in [0.4, 0.5) is 21.1 Å². The van der Waals surface area contributed by atoms with Crippen molar-refractivity contribution in [2.45, 2.75) is 59.2 Å². The summed E-state index contributed by atoms with van der Waals surface area (Å²) in [6.07, 6.45) is 0.917. The molecular formula is C28H36N8O5. The fraction of sp³-hybridized carbons (Fsp3) is 0.429. The molecule has 3 N–H and O–H groups in total. The molecule has 1 aromatic carbocycles. The van der Waals surface area contributed by atoms with E-state index < -0.39 is 23.4 Å². The second-order valence-electron chi connectivity index (χ2n) is 11.5. The van der Waals surface area contributed by atoms with Crippen molar-refractivity contribution < 1.29 is 23.7 Å². The maximum absolute atomic E-state index is 13.6. The number of nitrogens with two attached hydrogens (primary N) is 1. The summed E-state index contributed by atoms with van der Waals surface area (Å²) in [6.45, 7) is 11.2. The van der Waals surface area contributed by atoms with Gasteiger partial charge in [-0.3, -0.25) is 9.88 Å². The van der Waals surface area contributed by atoms with Crippen molar-refractivity contribution in [2.75, 3.05) is 23.7 Å². The summed E-state index contributed by atoms with van der Waals surface area (Å²) in [5.74, 6) is 0.470. The predicted octanol–water partition coefficient (Wildman–Crippen LogP) is 4.92. The summed E-state index contributed by atoms with van der Waals surface area (Å²) in [4.78, 5) is 36.7. The van der Waals surface area contributed by atoms with Crippen LogP contribution in [-0.2, 0) is 16.5 Å². The number of fused-ring (bicyclic) bond motifs is 1. The van der Waals surface area contributed by atoms with E-state index in [2.05, 4.69) is 15.6 Å². The number of ether oxygens (including phenoxy) is 2. The number of carbonyl (C=O) groups excluding carboxylic acids is 2. The summed E-state index contributed by atoms with van der Waals surface area (Å²) >= 11 is 0. The third-order valence-corrected chi connectivity index (χ3v) is 5.78. The summed E-state index contributed by atoms with van der Waals surface area (Å²) in [7, 11) is 1.79. The van der Waals surface area contributed by atoms with Crippen LogP contribution in [0.15, 0.2) is 41.2 Å². The number of nitrogens with zero attached hydrogens (tertiary/aromatic N) is 6. The molecule has 0 unspecified atom stereocenters. The molecule has 0 saturated heterocycles. The first-order valence-corrected chi connectivity index (χ1v) is 13.2. The van der Waals surface area contributed by atoms with Gasteiger partial charge in [0.15, 0.2) is 17.3 Å². The Morgan fingerprint density at radius 1 is 1.02 bits per heavy atom. The van der Waals surface area contributed by atoms with Crippen LogP contribution in [0.25, 0.3) is 33.8 Å². The van der Waals surface area contributed by atoms with Gasteiger partial charge in [-0.15, -0.1) is 0 Å². The second-order valence-corrected chi connectivity index (χ2v) is 11.5. The lowest BCUT2D eigenvalue weighted by Crippen LogP contribution is -2.39. The van der Waals surface area contributed by atoms with E-state index in [1.54, 1.807) is 59.4 Å². The molecule has 0 fully saturated rings. The van der Waals surface area contributed by atoms with Crippen molar-refractivity contribution in [3.8, 4) is 22.8 Å². The number of pyridine rings is 1. The van der Waals surface area contributed by atoms with E-state index in [1.165, 1.54) is 4.90 Å². The maximum atomic E-state index is 13.6. The Labute approximate surface area is 238 Å². The highest BCUT2D eigenvalue weighted by molar-refractivity contribution is 6.04. The lowest BCUT2D eigenvalue weighted by atomic mass is 10.1. The highest BCUT2D eigenvalue weighted by Crippen LogP contribution is 2.36. The van der Waals surface area contributed by atoms with Gasteiger partial charge in [0, 0.05) is 25.7 Å². The van der Waals surface area contributed by atoms with Crippen LogP contribution in [-0.4, -0.2) is 61.3 Å². The van der Waals surface area contributed by atoms with Crippen molar-refractivity contribution in [3.05, 3.63) is 36.5 Å². The first-order chi connectivity index (χ1) is 19.2. The monoisotopic (exact) mass is 564 g/mol. The molecule has 0 aliphatic rings. The average molecular weight is 565 g/mol. The van der Waals surface area contributed by atoms with Gasteiger partial charge in [0.2, 0.25) is 0 Å². The van der Waals surface area contributed by atoms with Gasteiger partial charge in [-0.05, 0) is 58.3 Å². The summed E-state index contributed by atoms with van der Waals surface area (Å²) in [5.41, 5.74) is 7.93. The summed E-state index contributed by atoms with van der Waals surface area (Å²) in [6, 6.07) is 9.58. The molecule has 4 rings (SSSR count). The van der Waals surface area contributed by atoms with E-state index in [1.807, 2.05) is 30.3 Å². The Morgan fingerprint density at radius 3 is 2.32 bits per heavy atom. The minimum absolute atomic E-state index is 0.0800. The zero-order chi connectivity index (χ0) is 29.9. The topological polar surface area (TPSA) is 164 Å². The number of hydrogen-bond donors (Lipinski definition) is 2. The molecule has 0 bridgehead atoms. The van der Waals surface area contributed by atoms with Gasteiger partial charge >= 0.3 is 12.2 Å². The van der Waals surface area contributed by atoms with Gasteiger partial charge < -0.3 is 25.1 Å². The van der Waals surface area contributed by atoms with Gasteiger partial charge in [0.05, 0.1) is 23.1 Å². The lowest BCUT2D eigenvalue weighted by molar-refractivity contribution is 0.0527. The molecule has 0 saturated carbocycles. The maximum Gasteiger partial charge on any atom is 0.414 e. The number of nitrogens with one attached hydrogen (secondary N) is 1. The smallest absolute Gasteiger partial charge is 0.414 e. The van der Waals surface area contributed by atoms with E-state index in [4.69, 9.17) is 29.8 Å². The molecule has 13 nitrogen and oxygen atoms in total. The predicted molar refractivity (Wildman–Crippen MR) is 154 cm³/mol. The van der Waals surface area contributed by atoms with Gasteiger partial charge in [0.25, 0.3) is 0 Å². The molecule has 218 valence electrons. The number of amides is 2. The Balaban J connectivity index is 1.78. The summed E-state index contributed by atoms with van der Waals surface area (Å²) in [5, 5.41) is 10.4. The van der Waals surface area contributed by atoms with Crippen LogP contribution in [0.5, 0.6) is 0 Å². The first kappa shape index (κ1) is 29.3. The molecule has 3 heterocycles. The van der Waals surface area contributed by atoms with Gasteiger partial charge in [-0.2, -0.15) is 0 Å². The standard InChI is InChI=1S/C28H36N8O5/c1-27(2,3)39-25(37)30-14-11-15-36(26(38)40-28(4,5)6)18-16-31-19(17-12-9-8-10-13-17)20-22(18)35(7)24(32-20)21-23(29)34-41-33-21/h8-10,12-13,16H,11,14-15H2,1-7H3,(H2,29,34)(H,30,37). The Kier molecular flexibility index (Phi) is 8.17. The van der Waals surface area contributed by atoms with E-state index >= 15 is 0 Å². The highest BCUT2D eigenvalue weighted by atomic mass is 16.6. The SMILES string of the molecule is Cn1c(-c2nonc2N)nc2c(-c3ccccc3)ncc(N(CCCNC(=O)OC(C)(C)C)C(=O)OC(C)(C)C)c21. The van der Waals surface area contributed by atoms with Crippen LogP contribution < -0.4 is 16.0 Å². The summed E-state index contributed by atoms with van der Waals surface area (Å²) < 4.78 is 17.7. The van der Waals surface area contributed by atoms with Crippen molar-refractivity contribution in [1.82, 2.24) is 30.2 Å². The molecule has 0 aliphatic carbocycles. The number of aromatic nitrogens is 5. The van der Waals surface area contributed by atoms with Crippen molar-refractivity contribution in [1.29, 1.82) is 0 Å². The van der Waals surface area contributed by atoms with E-state index in [0.29, 0.717) is 34.7 Å². The molecule has 4 aromatic rings. The third kappa shape index (κ3) is 6.91. The van der Waals surface area contributed by atoms with E-state index in [9.17, 15) is 9.59 Å². The van der Waals surface area contributed by atoms with Crippen molar-refractivity contribution in [3.63, 3.8) is 0 Å². The number of imidazole rings is 1. The quantitative estimate of drug-likeness (QED) is 0.294. The van der Waals surface area contributed by atoms with Gasteiger partial charge in [-0.1, -0.05) is 30.3 Å². The van der Waals surface area contributed by atoms with Crippen LogP contribution in [0, 0.1) is 0 Å². The number of carbonyl (C=O) groups is 2. The minimum Gasteiger partial charge on any atom is -0.444 e. The normalized spacial score (nSPS) is 11.9. The van der Waals surface area contributed by atoms with E-state index in [-0.39, 0.29) is 24.6 Å². The van der Waals surface area contributed by atoms with Crippen LogP contribution in [0.1, 0.15) is 48.0 Å². The van der Waals surface area contributed by atoms with Gasteiger partial charge in [0.1, 0.15) is 16.7 Å². The fourth-order valence-electron chi connectivity index (χ4n) is 4.14. The average Bonchev–Trinajstić information content (AvgIpc) is 3.44. The Hall–Kier alpha value is -4.68. The molecule has 13 heteroatoms. The number of hydrogen-bond acceptors (Lipinski definition) is 10. The molecule has 0 aliphatic heterocycles. The largest absolute Gasteiger partial charge is 0.444 e. The third-order valence-electron chi connectivity index (χ3n) is 5.78. The first-order valence-electron chi connectivity index (χ1n) is 13.2. The zero-order valence-electron chi connectivity index (χ0n) is 24.4. The van der Waals surface area contributed by atoms with Crippen molar-refractivity contribution in [2.24, 2.45) is 7.05 Å². The second kappa shape index (κ2) is 11.4. The molecular weight excluding hydrogens is 528 g/mol. The Morgan fingerprint density at radius 2 is 1.71 bits per heavy atom. The fourth-order valence-corrected chi connectivity index (χ4v) is 4.14. The highest BCUT2D eigenvalue weighted by Gasteiger charge is 2.29. The number of nitrogen functional groups attached to an aromatic ring is 1. The molecule has 0 atom stereocenters. The number of aryl methyl sites for hydroxylation is 1. The number of alkyl carbamates (subject to hydrolysis) is 1. The molecule has 0 spiro atoms.